The summed E-state index contributed by atoms with van der Waals surface area (Å²) in [4.78, 5) is 13.4. The molecule has 0 unspecified atom stereocenters. The summed E-state index contributed by atoms with van der Waals surface area (Å²) in [6.07, 6.45) is 1.29. The van der Waals surface area contributed by atoms with E-state index >= 15 is 0 Å². The van der Waals surface area contributed by atoms with Gasteiger partial charge in [0.05, 0.1) is 22.4 Å². The van der Waals surface area contributed by atoms with Gasteiger partial charge in [0, 0.05) is 29.3 Å². The van der Waals surface area contributed by atoms with Crippen LogP contribution in [0.3, 0.4) is 0 Å². The van der Waals surface area contributed by atoms with Gasteiger partial charge in [0.25, 0.3) is 0 Å². The number of benzene rings is 2. The van der Waals surface area contributed by atoms with E-state index in [0.29, 0.717) is 22.9 Å². The lowest BCUT2D eigenvalue weighted by Gasteiger charge is -2.34. The van der Waals surface area contributed by atoms with Gasteiger partial charge in [-0.2, -0.15) is 0 Å². The van der Waals surface area contributed by atoms with Gasteiger partial charge in [-0.15, -0.1) is 0 Å². The Hall–Kier alpha value is -2.66. The number of fused-ring (bicyclic) bond motifs is 2. The average molecular weight is 425 g/mol. The maximum Gasteiger partial charge on any atom is 0.231 e. The lowest BCUT2D eigenvalue weighted by molar-refractivity contribution is -0.118. The van der Waals surface area contributed by atoms with Crippen molar-refractivity contribution in [2.75, 3.05) is 17.4 Å². The molecule has 5 rings (SSSR count). The Labute approximate surface area is 181 Å². The number of carbonyl (C=O) groups excluding carboxylic acids is 1. The molecule has 2 N–H and O–H groups in total. The Morgan fingerprint density at radius 3 is 2.40 bits per heavy atom. The number of carbonyl (C=O) groups is 1. The SMILES string of the molecule is Cc1cc2c(cc1C)N[C@@H](c1cc3c(cc1Cl)OCO3)C1=C(CC(C)(C)CC1=O)N2. The summed E-state index contributed by atoms with van der Waals surface area (Å²) in [7, 11) is 0. The van der Waals surface area contributed by atoms with Crippen LogP contribution in [0.4, 0.5) is 11.4 Å². The van der Waals surface area contributed by atoms with Gasteiger partial charge in [-0.1, -0.05) is 25.4 Å². The van der Waals surface area contributed by atoms with Crippen LogP contribution < -0.4 is 20.1 Å². The molecule has 2 aromatic rings. The highest BCUT2D eigenvalue weighted by atomic mass is 35.5. The van der Waals surface area contributed by atoms with Crippen LogP contribution in [0.5, 0.6) is 11.5 Å². The van der Waals surface area contributed by atoms with Crippen molar-refractivity contribution < 1.29 is 14.3 Å². The first-order valence-electron chi connectivity index (χ1n) is 10.2. The lowest BCUT2D eigenvalue weighted by atomic mass is 9.73. The Morgan fingerprint density at radius 1 is 1.00 bits per heavy atom. The summed E-state index contributed by atoms with van der Waals surface area (Å²) < 4.78 is 11.1. The molecule has 1 atom stereocenters. The third kappa shape index (κ3) is 3.12. The molecule has 1 aliphatic carbocycles. The van der Waals surface area contributed by atoms with Crippen LogP contribution in [0, 0.1) is 19.3 Å². The Balaban J connectivity index is 1.71. The van der Waals surface area contributed by atoms with Gasteiger partial charge >= 0.3 is 0 Å². The molecule has 0 spiro atoms. The molecule has 156 valence electrons. The second kappa shape index (κ2) is 6.67. The quantitative estimate of drug-likeness (QED) is 0.596. The number of hydrogen-bond acceptors (Lipinski definition) is 5. The van der Waals surface area contributed by atoms with E-state index < -0.39 is 0 Å². The molecule has 30 heavy (non-hydrogen) atoms. The van der Waals surface area contributed by atoms with Gasteiger partial charge in [0.2, 0.25) is 6.79 Å². The van der Waals surface area contributed by atoms with Crippen molar-refractivity contribution in [1.29, 1.82) is 0 Å². The Morgan fingerprint density at radius 2 is 1.67 bits per heavy atom. The van der Waals surface area contributed by atoms with Crippen LogP contribution in [0.15, 0.2) is 35.5 Å². The third-order valence-electron chi connectivity index (χ3n) is 6.23. The number of aryl methyl sites for hydroxylation is 2. The molecule has 0 saturated heterocycles. The van der Waals surface area contributed by atoms with Gasteiger partial charge in [-0.3, -0.25) is 4.79 Å². The van der Waals surface area contributed by atoms with Crippen LogP contribution >= 0.6 is 11.6 Å². The van der Waals surface area contributed by atoms with E-state index in [9.17, 15) is 4.79 Å². The number of halogens is 1. The smallest absolute Gasteiger partial charge is 0.231 e. The molecule has 0 aromatic heterocycles. The van der Waals surface area contributed by atoms with Crippen LogP contribution in [-0.4, -0.2) is 12.6 Å². The van der Waals surface area contributed by atoms with Crippen molar-refractivity contribution in [1.82, 2.24) is 0 Å². The summed E-state index contributed by atoms with van der Waals surface area (Å²) >= 11 is 6.68. The third-order valence-corrected chi connectivity index (χ3v) is 6.56. The normalized spacial score (nSPS) is 21.4. The number of anilines is 2. The first kappa shape index (κ1) is 19.3. The Bertz CT molecular complexity index is 1120. The zero-order chi connectivity index (χ0) is 21.2. The zero-order valence-electron chi connectivity index (χ0n) is 17.6. The highest BCUT2D eigenvalue weighted by Gasteiger charge is 2.39. The van der Waals surface area contributed by atoms with Crippen molar-refractivity contribution in [3.63, 3.8) is 0 Å². The predicted octanol–water partition coefficient (Wildman–Crippen LogP) is 5.91. The van der Waals surface area contributed by atoms with E-state index in [4.69, 9.17) is 21.1 Å². The average Bonchev–Trinajstić information content (AvgIpc) is 3.03. The van der Waals surface area contributed by atoms with E-state index in [-0.39, 0.29) is 24.0 Å². The first-order chi connectivity index (χ1) is 14.2. The van der Waals surface area contributed by atoms with Crippen LogP contribution in [0.1, 0.15) is 49.4 Å². The lowest BCUT2D eigenvalue weighted by Crippen LogP contribution is -2.31. The molecular formula is C24H25ClN2O3. The fourth-order valence-electron chi connectivity index (χ4n) is 4.60. The fraction of sp³-hybridized carbons (Fsp3) is 0.375. The molecule has 0 amide bonds. The summed E-state index contributed by atoms with van der Waals surface area (Å²) in [5.41, 5.74) is 6.75. The summed E-state index contributed by atoms with van der Waals surface area (Å²) in [5.74, 6) is 1.42. The fourth-order valence-corrected chi connectivity index (χ4v) is 4.86. The molecule has 5 nitrogen and oxygen atoms in total. The zero-order valence-corrected chi connectivity index (χ0v) is 18.4. The summed E-state index contributed by atoms with van der Waals surface area (Å²) in [5, 5.41) is 7.74. The van der Waals surface area contributed by atoms with E-state index in [1.54, 1.807) is 6.07 Å². The number of hydrogen-bond donors (Lipinski definition) is 2. The van der Waals surface area contributed by atoms with Crippen molar-refractivity contribution >= 4 is 28.8 Å². The minimum Gasteiger partial charge on any atom is -0.454 e. The molecule has 0 fully saturated rings. The number of allylic oxidation sites excluding steroid dienone is 1. The van der Waals surface area contributed by atoms with E-state index in [0.717, 1.165) is 34.6 Å². The maximum absolute atomic E-state index is 13.4. The highest BCUT2D eigenvalue weighted by molar-refractivity contribution is 6.31. The van der Waals surface area contributed by atoms with Crippen molar-refractivity contribution in [3.8, 4) is 11.5 Å². The minimum absolute atomic E-state index is 0.101. The number of ketones is 1. The number of Topliss-reactive ketones (excluding diaryl/α,β-unsaturated/α-hetero) is 1. The molecule has 2 aromatic carbocycles. The molecule has 0 bridgehead atoms. The molecule has 6 heteroatoms. The molecule has 0 radical (unpaired) electrons. The monoisotopic (exact) mass is 424 g/mol. The molecule has 2 heterocycles. The van der Waals surface area contributed by atoms with E-state index in [2.05, 4.69) is 50.5 Å². The maximum atomic E-state index is 13.4. The van der Waals surface area contributed by atoms with Gasteiger partial charge < -0.3 is 20.1 Å². The van der Waals surface area contributed by atoms with Crippen LogP contribution in [0.2, 0.25) is 5.02 Å². The van der Waals surface area contributed by atoms with E-state index in [1.807, 2.05) is 6.07 Å². The number of nitrogens with one attached hydrogen (secondary N) is 2. The van der Waals surface area contributed by atoms with Crippen LogP contribution in [0.25, 0.3) is 0 Å². The van der Waals surface area contributed by atoms with Gasteiger partial charge in [0.1, 0.15) is 0 Å². The second-order valence-electron chi connectivity index (χ2n) is 9.24. The molecular weight excluding hydrogens is 400 g/mol. The van der Waals surface area contributed by atoms with Gasteiger partial charge in [0.15, 0.2) is 17.3 Å². The van der Waals surface area contributed by atoms with Gasteiger partial charge in [-0.05, 0) is 55.0 Å². The number of ether oxygens (including phenoxy) is 2. The largest absolute Gasteiger partial charge is 0.454 e. The predicted molar refractivity (Wildman–Crippen MR) is 119 cm³/mol. The summed E-state index contributed by atoms with van der Waals surface area (Å²) in [6, 6.07) is 7.56. The van der Waals surface area contributed by atoms with Crippen molar-refractivity contribution in [2.24, 2.45) is 5.41 Å². The minimum atomic E-state index is -0.374. The first-order valence-corrected chi connectivity index (χ1v) is 10.6. The van der Waals surface area contributed by atoms with E-state index in [1.165, 1.54) is 11.1 Å². The standard InChI is InChI=1S/C24H25ClN2O3/c1-12-5-16-17(6-13(12)2)27-23(14-7-20-21(8-15(14)25)30-11-29-20)22-18(26-16)9-24(3,4)10-19(22)28/h5-8,23,26-27H,9-11H2,1-4H3/t23-/m0/s1. The second-order valence-corrected chi connectivity index (χ2v) is 9.65. The molecule has 3 aliphatic rings. The van der Waals surface area contributed by atoms with Gasteiger partial charge in [-0.25, -0.2) is 0 Å². The van der Waals surface area contributed by atoms with Crippen LogP contribution in [-0.2, 0) is 4.79 Å². The topological polar surface area (TPSA) is 59.6 Å². The molecule has 0 saturated carbocycles. The number of rotatable bonds is 1. The summed E-state index contributed by atoms with van der Waals surface area (Å²) in [6.45, 7) is 8.64. The van der Waals surface area contributed by atoms with Crippen molar-refractivity contribution in [2.45, 2.75) is 46.6 Å². The Kier molecular flexibility index (Phi) is 4.30. The highest BCUT2D eigenvalue weighted by Crippen LogP contribution is 2.48. The molecule has 2 aliphatic heterocycles. The van der Waals surface area contributed by atoms with Crippen molar-refractivity contribution in [3.05, 3.63) is 57.2 Å².